The van der Waals surface area contributed by atoms with E-state index in [1.807, 2.05) is 0 Å². The van der Waals surface area contributed by atoms with Crippen molar-refractivity contribution in [3.63, 3.8) is 0 Å². The number of anilines is 1. The molecule has 1 amide bonds. The SMILES string of the molecule is C=CC(=O)N1CC2CC(Nc3nc(Cl)ncc3F)C1C2. The number of aromatic nitrogens is 2. The van der Waals surface area contributed by atoms with Crippen molar-refractivity contribution >= 4 is 23.3 Å². The molecule has 2 bridgehead atoms. The Balaban J connectivity index is 1.77. The van der Waals surface area contributed by atoms with E-state index in [2.05, 4.69) is 21.9 Å². The molecule has 1 N–H and O–H groups in total. The number of fused-ring (bicyclic) bond motifs is 2. The van der Waals surface area contributed by atoms with Crippen LogP contribution in [0.25, 0.3) is 0 Å². The number of halogens is 2. The highest BCUT2D eigenvalue weighted by molar-refractivity contribution is 6.28. The first-order chi connectivity index (χ1) is 9.58. The van der Waals surface area contributed by atoms with Gasteiger partial charge in [0.05, 0.1) is 12.2 Å². The lowest BCUT2D eigenvalue weighted by atomic mass is 10.1. The van der Waals surface area contributed by atoms with Crippen LogP contribution in [0.3, 0.4) is 0 Å². The zero-order valence-corrected chi connectivity index (χ0v) is 11.5. The van der Waals surface area contributed by atoms with E-state index in [0.717, 1.165) is 25.6 Å². The number of nitrogens with zero attached hydrogens (tertiary/aromatic N) is 3. The standard InChI is InChI=1S/C13H14ClFN4O/c1-2-11(20)19-6-7-3-9(10(19)4-7)17-12-8(15)5-16-13(14)18-12/h2,5,7,9-10H,1,3-4,6H2,(H,16,17,18). The molecule has 0 aromatic carbocycles. The minimum absolute atomic E-state index is 0.00363. The molecule has 1 aromatic rings. The summed E-state index contributed by atoms with van der Waals surface area (Å²) in [4.78, 5) is 21.0. The van der Waals surface area contributed by atoms with Gasteiger partial charge in [0.25, 0.3) is 0 Å². The van der Waals surface area contributed by atoms with Crippen LogP contribution in [0, 0.1) is 11.7 Å². The third kappa shape index (κ3) is 2.24. The molecule has 1 aliphatic carbocycles. The van der Waals surface area contributed by atoms with Crippen LogP contribution in [0.1, 0.15) is 12.8 Å². The van der Waals surface area contributed by atoms with Crippen LogP contribution < -0.4 is 5.32 Å². The van der Waals surface area contributed by atoms with Crippen molar-refractivity contribution in [2.24, 2.45) is 5.92 Å². The predicted octanol–water partition coefficient (Wildman–Crippen LogP) is 1.86. The van der Waals surface area contributed by atoms with Crippen LogP contribution in [0.15, 0.2) is 18.9 Å². The van der Waals surface area contributed by atoms with Gasteiger partial charge in [-0.25, -0.2) is 9.37 Å². The first kappa shape index (κ1) is 13.3. The maximum Gasteiger partial charge on any atom is 0.246 e. The maximum atomic E-state index is 13.6. The van der Waals surface area contributed by atoms with Crippen molar-refractivity contribution in [1.82, 2.24) is 14.9 Å². The average molecular weight is 297 g/mol. The van der Waals surface area contributed by atoms with E-state index in [1.54, 1.807) is 4.90 Å². The van der Waals surface area contributed by atoms with E-state index in [-0.39, 0.29) is 29.1 Å². The second-order valence-electron chi connectivity index (χ2n) is 5.19. The monoisotopic (exact) mass is 296 g/mol. The number of nitrogens with one attached hydrogen (secondary N) is 1. The lowest BCUT2D eigenvalue weighted by Crippen LogP contribution is -2.47. The normalized spacial score (nSPS) is 27.7. The van der Waals surface area contributed by atoms with Crippen molar-refractivity contribution in [3.05, 3.63) is 30.0 Å². The highest BCUT2D eigenvalue weighted by Crippen LogP contribution is 2.39. The second kappa shape index (κ2) is 5.01. The van der Waals surface area contributed by atoms with Gasteiger partial charge < -0.3 is 10.2 Å². The van der Waals surface area contributed by atoms with Crippen molar-refractivity contribution < 1.29 is 9.18 Å². The van der Waals surface area contributed by atoms with E-state index in [9.17, 15) is 9.18 Å². The summed E-state index contributed by atoms with van der Waals surface area (Å²) in [6, 6.07) is 0.0387. The molecule has 0 spiro atoms. The molecule has 3 rings (SSSR count). The Morgan fingerprint density at radius 1 is 1.60 bits per heavy atom. The van der Waals surface area contributed by atoms with E-state index in [4.69, 9.17) is 11.6 Å². The molecule has 1 saturated heterocycles. The number of hydrogen-bond donors (Lipinski definition) is 1. The number of carbonyl (C=O) groups is 1. The first-order valence-electron chi connectivity index (χ1n) is 6.46. The number of rotatable bonds is 3. The molecule has 20 heavy (non-hydrogen) atoms. The largest absolute Gasteiger partial charge is 0.363 e. The zero-order chi connectivity index (χ0) is 14.3. The van der Waals surface area contributed by atoms with Crippen molar-refractivity contribution in [3.8, 4) is 0 Å². The predicted molar refractivity (Wildman–Crippen MR) is 72.8 cm³/mol. The van der Waals surface area contributed by atoms with Gasteiger partial charge in [0.2, 0.25) is 11.2 Å². The molecule has 7 heteroatoms. The fourth-order valence-electron chi connectivity index (χ4n) is 3.17. The molecule has 2 aliphatic rings. The van der Waals surface area contributed by atoms with Crippen LogP contribution in [0.2, 0.25) is 5.28 Å². The lowest BCUT2D eigenvalue weighted by Gasteiger charge is -2.33. The molecule has 2 heterocycles. The Kier molecular flexibility index (Phi) is 3.33. The second-order valence-corrected chi connectivity index (χ2v) is 5.52. The summed E-state index contributed by atoms with van der Waals surface area (Å²) in [5, 5.41) is 3.05. The van der Waals surface area contributed by atoms with Crippen LogP contribution >= 0.6 is 11.6 Å². The van der Waals surface area contributed by atoms with Gasteiger partial charge in [-0.2, -0.15) is 4.98 Å². The maximum absolute atomic E-state index is 13.6. The van der Waals surface area contributed by atoms with Crippen molar-refractivity contribution in [2.75, 3.05) is 11.9 Å². The van der Waals surface area contributed by atoms with Gasteiger partial charge in [-0.15, -0.1) is 0 Å². The average Bonchev–Trinajstić information content (AvgIpc) is 3.01. The van der Waals surface area contributed by atoms with Crippen LogP contribution in [-0.4, -0.2) is 39.4 Å². The van der Waals surface area contributed by atoms with Gasteiger partial charge in [0, 0.05) is 12.6 Å². The van der Waals surface area contributed by atoms with Gasteiger partial charge in [-0.3, -0.25) is 4.79 Å². The summed E-state index contributed by atoms with van der Waals surface area (Å²) in [7, 11) is 0. The van der Waals surface area contributed by atoms with E-state index < -0.39 is 5.82 Å². The number of hydrogen-bond acceptors (Lipinski definition) is 4. The van der Waals surface area contributed by atoms with Crippen molar-refractivity contribution in [2.45, 2.75) is 24.9 Å². The van der Waals surface area contributed by atoms with Gasteiger partial charge in [0.1, 0.15) is 0 Å². The molecule has 1 aliphatic heterocycles. The van der Waals surface area contributed by atoms with Gasteiger partial charge >= 0.3 is 0 Å². The summed E-state index contributed by atoms with van der Waals surface area (Å²) < 4.78 is 13.6. The highest BCUT2D eigenvalue weighted by Gasteiger charge is 2.46. The van der Waals surface area contributed by atoms with Gasteiger partial charge in [-0.05, 0) is 36.4 Å². The molecule has 3 unspecified atom stereocenters. The molecule has 106 valence electrons. The Labute approximate surface area is 120 Å². The van der Waals surface area contributed by atoms with Crippen LogP contribution in [0.5, 0.6) is 0 Å². The summed E-state index contributed by atoms with van der Waals surface area (Å²) >= 11 is 5.68. The summed E-state index contributed by atoms with van der Waals surface area (Å²) in [6.45, 7) is 4.26. The first-order valence-corrected chi connectivity index (χ1v) is 6.84. The van der Waals surface area contributed by atoms with E-state index >= 15 is 0 Å². The Morgan fingerprint density at radius 2 is 2.40 bits per heavy atom. The summed E-state index contributed by atoms with van der Waals surface area (Å²) in [6.07, 6.45) is 4.18. The third-order valence-corrected chi connectivity index (χ3v) is 4.16. The molecule has 5 nitrogen and oxygen atoms in total. The van der Waals surface area contributed by atoms with E-state index in [1.165, 1.54) is 6.08 Å². The smallest absolute Gasteiger partial charge is 0.246 e. The van der Waals surface area contributed by atoms with Gasteiger partial charge in [-0.1, -0.05) is 6.58 Å². The number of carbonyl (C=O) groups excluding carboxylic acids is 1. The minimum atomic E-state index is -0.543. The molecular weight excluding hydrogens is 283 g/mol. The third-order valence-electron chi connectivity index (χ3n) is 3.98. The topological polar surface area (TPSA) is 58.1 Å². The zero-order valence-electron chi connectivity index (χ0n) is 10.7. The molecule has 0 radical (unpaired) electrons. The molecule has 3 atom stereocenters. The Bertz CT molecular complexity index is 567. The van der Waals surface area contributed by atoms with E-state index in [0.29, 0.717) is 5.92 Å². The Hall–Kier alpha value is -1.69. The fraction of sp³-hybridized carbons (Fsp3) is 0.462. The fourth-order valence-corrected chi connectivity index (χ4v) is 3.31. The number of piperidine rings is 1. The highest BCUT2D eigenvalue weighted by atomic mass is 35.5. The molecule has 2 fully saturated rings. The number of likely N-dealkylation sites (tertiary alicyclic amines) is 1. The lowest BCUT2D eigenvalue weighted by molar-refractivity contribution is -0.127. The van der Waals surface area contributed by atoms with Crippen molar-refractivity contribution in [1.29, 1.82) is 0 Å². The molecular formula is C13H14ClFN4O. The summed E-state index contributed by atoms with van der Waals surface area (Å²) in [5.74, 6) is -0.0840. The van der Waals surface area contributed by atoms with Crippen LogP contribution in [-0.2, 0) is 4.79 Å². The number of amides is 1. The quantitative estimate of drug-likeness (QED) is 0.683. The van der Waals surface area contributed by atoms with Gasteiger partial charge in [0.15, 0.2) is 11.6 Å². The summed E-state index contributed by atoms with van der Waals surface area (Å²) in [5.41, 5.74) is 0. The molecule has 1 aromatic heterocycles. The minimum Gasteiger partial charge on any atom is -0.363 e. The Morgan fingerprint density at radius 3 is 3.10 bits per heavy atom. The molecule has 1 saturated carbocycles. The van der Waals surface area contributed by atoms with Crippen LogP contribution in [0.4, 0.5) is 10.2 Å².